The molecule has 4 rings (SSSR count). The third kappa shape index (κ3) is 2.71. The molecule has 1 amide bonds. The minimum Gasteiger partial charge on any atom is -0.324 e. The highest BCUT2D eigenvalue weighted by Gasteiger charge is 2.11. The van der Waals surface area contributed by atoms with Crippen molar-refractivity contribution in [2.75, 3.05) is 5.32 Å². The summed E-state index contributed by atoms with van der Waals surface area (Å²) in [7, 11) is 0. The molecule has 26 heavy (non-hydrogen) atoms. The van der Waals surface area contributed by atoms with E-state index in [1.165, 1.54) is 4.57 Å². The van der Waals surface area contributed by atoms with Crippen LogP contribution in [0.1, 0.15) is 0 Å². The highest BCUT2D eigenvalue weighted by atomic mass is 16.2. The van der Waals surface area contributed by atoms with Gasteiger partial charge in [0.1, 0.15) is 6.54 Å². The number of aromatic nitrogens is 4. The Balaban J connectivity index is 1.65. The van der Waals surface area contributed by atoms with E-state index in [1.54, 1.807) is 42.5 Å². The molecule has 0 radical (unpaired) electrons. The summed E-state index contributed by atoms with van der Waals surface area (Å²) < 4.78 is 1.20. The number of hydrogen-bond acceptors (Lipinski definition) is 4. The second-order valence-electron chi connectivity index (χ2n) is 5.75. The number of nitrogens with zero attached hydrogens (tertiary/aromatic N) is 1. The summed E-state index contributed by atoms with van der Waals surface area (Å²) in [5.74, 6) is -0.443. The van der Waals surface area contributed by atoms with Crippen molar-refractivity contribution in [3.63, 3.8) is 0 Å². The molecule has 130 valence electrons. The Morgan fingerprint density at radius 3 is 2.58 bits per heavy atom. The Labute approximate surface area is 144 Å². The van der Waals surface area contributed by atoms with Crippen molar-refractivity contribution >= 4 is 33.5 Å². The summed E-state index contributed by atoms with van der Waals surface area (Å²) in [4.78, 5) is 55.0. The summed E-state index contributed by atoms with van der Waals surface area (Å²) in [6.45, 7) is -0.266. The Kier molecular flexibility index (Phi) is 3.54. The number of imidazole rings is 1. The number of nitrogens with one attached hydrogen (secondary N) is 4. The molecule has 0 bridgehead atoms. The molecule has 4 N–H and O–H groups in total. The quantitative estimate of drug-likeness (QED) is 0.428. The van der Waals surface area contributed by atoms with Gasteiger partial charge < -0.3 is 15.3 Å². The second-order valence-corrected chi connectivity index (χ2v) is 5.75. The molecule has 0 spiro atoms. The van der Waals surface area contributed by atoms with Crippen LogP contribution in [-0.4, -0.2) is 25.4 Å². The van der Waals surface area contributed by atoms with E-state index in [0.29, 0.717) is 27.6 Å². The van der Waals surface area contributed by atoms with Crippen molar-refractivity contribution in [2.45, 2.75) is 6.54 Å². The Bertz CT molecular complexity index is 1320. The molecule has 0 atom stereocenters. The summed E-state index contributed by atoms with van der Waals surface area (Å²) in [5.41, 5.74) is 0.532. The summed E-state index contributed by atoms with van der Waals surface area (Å²) in [6, 6.07) is 11.5. The fourth-order valence-corrected chi connectivity index (χ4v) is 2.85. The van der Waals surface area contributed by atoms with E-state index < -0.39 is 17.2 Å². The Morgan fingerprint density at radius 2 is 1.73 bits per heavy atom. The molecule has 2 aromatic carbocycles. The zero-order valence-corrected chi connectivity index (χ0v) is 13.3. The van der Waals surface area contributed by atoms with Crippen molar-refractivity contribution < 1.29 is 4.79 Å². The van der Waals surface area contributed by atoms with Crippen LogP contribution < -0.4 is 22.3 Å². The van der Waals surface area contributed by atoms with Gasteiger partial charge in [0.05, 0.1) is 21.9 Å². The number of para-hydroxylation sites is 1. The van der Waals surface area contributed by atoms with E-state index in [9.17, 15) is 19.2 Å². The number of anilines is 1. The smallest absolute Gasteiger partial charge is 0.324 e. The monoisotopic (exact) mass is 351 g/mol. The molecular formula is C17H13N5O4. The zero-order valence-electron chi connectivity index (χ0n) is 13.3. The number of carbonyl (C=O) groups is 1. The van der Waals surface area contributed by atoms with Crippen molar-refractivity contribution in [1.29, 1.82) is 0 Å². The highest BCUT2D eigenvalue weighted by Crippen LogP contribution is 2.14. The summed E-state index contributed by atoms with van der Waals surface area (Å²) in [6.07, 6.45) is 0. The van der Waals surface area contributed by atoms with Gasteiger partial charge in [-0.3, -0.25) is 19.1 Å². The molecule has 2 aromatic heterocycles. The average molecular weight is 351 g/mol. The van der Waals surface area contributed by atoms with E-state index in [2.05, 4.69) is 20.3 Å². The Hall–Kier alpha value is -3.88. The number of hydrogen-bond donors (Lipinski definition) is 4. The molecule has 0 saturated carbocycles. The van der Waals surface area contributed by atoms with Crippen LogP contribution in [0.25, 0.3) is 21.9 Å². The van der Waals surface area contributed by atoms with Gasteiger partial charge in [-0.1, -0.05) is 12.1 Å². The van der Waals surface area contributed by atoms with Crippen LogP contribution in [0.5, 0.6) is 0 Å². The van der Waals surface area contributed by atoms with Gasteiger partial charge in [0, 0.05) is 5.69 Å². The molecular weight excluding hydrogens is 338 g/mol. The third-order valence-electron chi connectivity index (χ3n) is 4.01. The molecule has 0 aliphatic heterocycles. The van der Waals surface area contributed by atoms with E-state index >= 15 is 0 Å². The van der Waals surface area contributed by atoms with Gasteiger partial charge in [0.15, 0.2) is 0 Å². The molecule has 0 aliphatic rings. The standard InChI is InChI=1S/C17H13N5O4/c23-14(18-9-5-6-11-12(7-9)20-16(25)19-11)8-22-13-4-2-1-3-10(13)15(24)21-17(22)26/h1-7H,8H2,(H,18,23)(H2,19,20,25)(H,21,24,26). The van der Waals surface area contributed by atoms with Crippen LogP contribution in [0.3, 0.4) is 0 Å². The van der Waals surface area contributed by atoms with Gasteiger partial charge in [-0.2, -0.15) is 0 Å². The number of carbonyl (C=O) groups excluding carboxylic acids is 1. The molecule has 0 aliphatic carbocycles. The molecule has 0 saturated heterocycles. The van der Waals surface area contributed by atoms with Gasteiger partial charge in [-0.25, -0.2) is 9.59 Å². The van der Waals surface area contributed by atoms with Crippen LogP contribution >= 0.6 is 0 Å². The van der Waals surface area contributed by atoms with E-state index in [4.69, 9.17) is 0 Å². The van der Waals surface area contributed by atoms with Crippen LogP contribution in [-0.2, 0) is 11.3 Å². The molecule has 4 aromatic rings. The maximum atomic E-state index is 12.4. The first kappa shape index (κ1) is 15.6. The van der Waals surface area contributed by atoms with Crippen LogP contribution in [0, 0.1) is 0 Å². The average Bonchev–Trinajstić information content (AvgIpc) is 2.98. The summed E-state index contributed by atoms with van der Waals surface area (Å²) >= 11 is 0. The SMILES string of the molecule is O=C(Cn1c(=O)[nH]c(=O)c2ccccc21)Nc1ccc2[nH]c(=O)[nH]c2c1. The number of benzene rings is 2. The number of aromatic amines is 3. The van der Waals surface area contributed by atoms with Crippen molar-refractivity contribution in [3.05, 3.63) is 73.8 Å². The topological polar surface area (TPSA) is 133 Å². The minimum atomic E-state index is -0.658. The van der Waals surface area contributed by atoms with Crippen molar-refractivity contribution in [1.82, 2.24) is 19.5 Å². The molecule has 9 nitrogen and oxygen atoms in total. The lowest BCUT2D eigenvalue weighted by Crippen LogP contribution is -2.33. The first-order chi connectivity index (χ1) is 12.5. The number of rotatable bonds is 3. The minimum absolute atomic E-state index is 0.266. The lowest BCUT2D eigenvalue weighted by molar-refractivity contribution is -0.116. The fraction of sp³-hybridized carbons (Fsp3) is 0.0588. The largest absolute Gasteiger partial charge is 0.329 e. The van der Waals surface area contributed by atoms with Crippen LogP contribution in [0.4, 0.5) is 5.69 Å². The maximum absolute atomic E-state index is 12.4. The van der Waals surface area contributed by atoms with Gasteiger partial charge >= 0.3 is 11.4 Å². The van der Waals surface area contributed by atoms with Crippen molar-refractivity contribution in [2.24, 2.45) is 0 Å². The number of fused-ring (bicyclic) bond motifs is 2. The molecule has 9 heteroatoms. The van der Waals surface area contributed by atoms with E-state index in [1.807, 2.05) is 0 Å². The van der Waals surface area contributed by atoms with Gasteiger partial charge in [0.25, 0.3) is 5.56 Å². The number of H-pyrrole nitrogens is 3. The maximum Gasteiger partial charge on any atom is 0.329 e. The molecule has 0 unspecified atom stereocenters. The third-order valence-corrected chi connectivity index (χ3v) is 4.01. The predicted octanol–water partition coefficient (Wildman–Crippen LogP) is 0.498. The Morgan fingerprint density at radius 1 is 0.962 bits per heavy atom. The highest BCUT2D eigenvalue weighted by molar-refractivity contribution is 5.93. The van der Waals surface area contributed by atoms with Crippen molar-refractivity contribution in [3.8, 4) is 0 Å². The van der Waals surface area contributed by atoms with E-state index in [0.717, 1.165) is 0 Å². The summed E-state index contributed by atoms with van der Waals surface area (Å²) in [5, 5.41) is 3.00. The van der Waals surface area contributed by atoms with Crippen LogP contribution in [0.15, 0.2) is 56.8 Å². The van der Waals surface area contributed by atoms with Crippen LogP contribution in [0.2, 0.25) is 0 Å². The second kappa shape index (κ2) is 5.88. The lowest BCUT2D eigenvalue weighted by Gasteiger charge is -2.10. The van der Waals surface area contributed by atoms with E-state index in [-0.39, 0.29) is 12.2 Å². The zero-order chi connectivity index (χ0) is 18.3. The normalized spacial score (nSPS) is 11.1. The number of amides is 1. The predicted molar refractivity (Wildman–Crippen MR) is 96.4 cm³/mol. The fourth-order valence-electron chi connectivity index (χ4n) is 2.85. The van der Waals surface area contributed by atoms with Gasteiger partial charge in [-0.05, 0) is 30.3 Å². The first-order valence-electron chi connectivity index (χ1n) is 7.75. The first-order valence-corrected chi connectivity index (χ1v) is 7.75. The lowest BCUT2D eigenvalue weighted by atomic mass is 10.2. The van der Waals surface area contributed by atoms with Gasteiger partial charge in [0.2, 0.25) is 5.91 Å². The molecule has 0 fully saturated rings. The molecule has 2 heterocycles. The van der Waals surface area contributed by atoms with Gasteiger partial charge in [-0.15, -0.1) is 0 Å².